The van der Waals surface area contributed by atoms with E-state index in [1.165, 1.54) is 18.2 Å². The molecular weight excluding hydrogens is 400 g/mol. The summed E-state index contributed by atoms with van der Waals surface area (Å²) < 4.78 is 34.1. The van der Waals surface area contributed by atoms with E-state index in [1.807, 2.05) is 18.2 Å². The van der Waals surface area contributed by atoms with Gasteiger partial charge < -0.3 is 25.2 Å². The molecule has 0 aliphatic carbocycles. The zero-order valence-electron chi connectivity index (χ0n) is 18.5. The molecule has 2 aromatic rings. The van der Waals surface area contributed by atoms with E-state index in [4.69, 9.17) is 4.74 Å². The van der Waals surface area contributed by atoms with E-state index in [1.54, 1.807) is 33.2 Å². The lowest BCUT2D eigenvalue weighted by molar-refractivity contribution is 0.282. The van der Waals surface area contributed by atoms with Crippen LogP contribution in [-0.2, 0) is 0 Å². The highest BCUT2D eigenvalue weighted by Gasteiger charge is 2.26. The summed E-state index contributed by atoms with van der Waals surface area (Å²) in [5.74, 6) is 0.361. The minimum absolute atomic E-state index is 0.0543. The molecule has 2 atom stereocenters. The fourth-order valence-corrected chi connectivity index (χ4v) is 3.94. The number of hydrogen-bond acceptors (Lipinski definition) is 4. The van der Waals surface area contributed by atoms with E-state index >= 15 is 0 Å². The van der Waals surface area contributed by atoms with Gasteiger partial charge in [-0.15, -0.1) is 0 Å². The molecule has 1 aliphatic heterocycles. The molecule has 1 heterocycles. The number of para-hydroxylation sites is 2. The van der Waals surface area contributed by atoms with Crippen LogP contribution in [0.3, 0.4) is 0 Å². The van der Waals surface area contributed by atoms with E-state index in [9.17, 15) is 8.78 Å². The zero-order chi connectivity index (χ0) is 22.4. The lowest BCUT2D eigenvalue weighted by atomic mass is 10.0. The molecule has 0 amide bonds. The van der Waals surface area contributed by atoms with Crippen molar-refractivity contribution < 1.29 is 13.5 Å². The molecule has 1 fully saturated rings. The third-order valence-electron chi connectivity index (χ3n) is 5.60. The van der Waals surface area contributed by atoms with Crippen molar-refractivity contribution in [3.63, 3.8) is 0 Å². The largest absolute Gasteiger partial charge is 0.495 e. The zero-order valence-corrected chi connectivity index (χ0v) is 18.5. The summed E-state index contributed by atoms with van der Waals surface area (Å²) >= 11 is 0. The van der Waals surface area contributed by atoms with Gasteiger partial charge in [0.2, 0.25) is 0 Å². The first-order chi connectivity index (χ1) is 14.9. The molecule has 2 aromatic carbocycles. The molecule has 2 N–H and O–H groups in total. The molecule has 3 rings (SSSR count). The summed E-state index contributed by atoms with van der Waals surface area (Å²) in [5, 5.41) is 6.66. The van der Waals surface area contributed by atoms with Gasteiger partial charge in [0, 0.05) is 38.3 Å². The van der Waals surface area contributed by atoms with Crippen molar-refractivity contribution in [3.05, 3.63) is 59.7 Å². The van der Waals surface area contributed by atoms with Gasteiger partial charge in [0.25, 0.3) is 0 Å². The van der Waals surface area contributed by atoms with Crippen LogP contribution in [-0.4, -0.2) is 64.8 Å². The Morgan fingerprint density at radius 1 is 1.19 bits per heavy atom. The number of aliphatic imine (C=N–C) groups is 1. The van der Waals surface area contributed by atoms with E-state index in [-0.39, 0.29) is 11.6 Å². The van der Waals surface area contributed by atoms with E-state index < -0.39 is 17.7 Å². The van der Waals surface area contributed by atoms with Crippen molar-refractivity contribution in [2.45, 2.75) is 18.5 Å². The van der Waals surface area contributed by atoms with Crippen molar-refractivity contribution >= 4 is 11.6 Å². The van der Waals surface area contributed by atoms with Crippen molar-refractivity contribution in [2.75, 3.05) is 52.8 Å². The Labute approximate surface area is 182 Å². The normalized spacial score (nSPS) is 17.7. The van der Waals surface area contributed by atoms with Crippen LogP contribution in [0.15, 0.2) is 47.5 Å². The van der Waals surface area contributed by atoms with Crippen LogP contribution < -0.4 is 20.3 Å². The van der Waals surface area contributed by atoms with Gasteiger partial charge in [-0.05, 0) is 44.8 Å². The number of ether oxygens (including phenoxy) is 1. The number of rotatable bonds is 7. The number of likely N-dealkylation sites (N-methyl/N-ethyl adjacent to an activating group) is 1. The topological polar surface area (TPSA) is 52.1 Å². The van der Waals surface area contributed by atoms with Crippen LogP contribution in [0, 0.1) is 11.6 Å². The second-order valence-corrected chi connectivity index (χ2v) is 7.82. The number of nitrogens with zero attached hydrogens (tertiary/aromatic N) is 3. The predicted molar refractivity (Wildman–Crippen MR) is 121 cm³/mol. The summed E-state index contributed by atoms with van der Waals surface area (Å²) in [5.41, 5.74) is 1.12. The fourth-order valence-electron chi connectivity index (χ4n) is 3.94. The first-order valence-electron chi connectivity index (χ1n) is 10.4. The van der Waals surface area contributed by atoms with Crippen molar-refractivity contribution in [1.29, 1.82) is 0 Å². The number of benzene rings is 2. The summed E-state index contributed by atoms with van der Waals surface area (Å²) in [7, 11) is 6.97. The summed E-state index contributed by atoms with van der Waals surface area (Å²) in [6, 6.07) is 11.6. The number of guanidine groups is 1. The highest BCUT2D eigenvalue weighted by atomic mass is 19.1. The highest BCUT2D eigenvalue weighted by molar-refractivity contribution is 5.80. The third-order valence-corrected chi connectivity index (χ3v) is 5.60. The Balaban J connectivity index is 1.62. The van der Waals surface area contributed by atoms with Crippen LogP contribution in [0.5, 0.6) is 5.75 Å². The standard InChI is InChI=1S/C23H31F2N5O/c1-26-23(27-14-20(29(2)3)22-17(24)8-7-9-18(22)25)28-16-12-13-30(15-16)19-10-5-6-11-21(19)31-4/h5-11,16,20H,12-15H2,1-4H3,(H2,26,27,28). The van der Waals surface area contributed by atoms with Gasteiger partial charge in [0.15, 0.2) is 5.96 Å². The van der Waals surface area contributed by atoms with Gasteiger partial charge in [-0.1, -0.05) is 18.2 Å². The van der Waals surface area contributed by atoms with Crippen molar-refractivity contribution in [2.24, 2.45) is 4.99 Å². The minimum Gasteiger partial charge on any atom is -0.495 e. The van der Waals surface area contributed by atoms with E-state index in [0.29, 0.717) is 12.5 Å². The lowest BCUT2D eigenvalue weighted by Gasteiger charge is -2.27. The van der Waals surface area contributed by atoms with Gasteiger partial charge in [-0.25, -0.2) is 8.78 Å². The van der Waals surface area contributed by atoms with Gasteiger partial charge in [-0.3, -0.25) is 4.99 Å². The summed E-state index contributed by atoms with van der Waals surface area (Å²) in [4.78, 5) is 8.37. The molecule has 31 heavy (non-hydrogen) atoms. The lowest BCUT2D eigenvalue weighted by Crippen LogP contribution is -2.47. The molecule has 2 unspecified atom stereocenters. The van der Waals surface area contributed by atoms with Crippen LogP contribution >= 0.6 is 0 Å². The SMILES string of the molecule is CN=C(NCC(c1c(F)cccc1F)N(C)C)NC1CCN(c2ccccc2OC)C1. The van der Waals surface area contributed by atoms with Gasteiger partial charge in [0.05, 0.1) is 18.8 Å². The molecule has 168 valence electrons. The molecular formula is C23H31F2N5O. The smallest absolute Gasteiger partial charge is 0.191 e. The molecule has 8 heteroatoms. The van der Waals surface area contributed by atoms with E-state index in [0.717, 1.165) is 30.9 Å². The maximum atomic E-state index is 14.3. The number of halogens is 2. The second-order valence-electron chi connectivity index (χ2n) is 7.82. The van der Waals surface area contributed by atoms with Crippen LogP contribution in [0.1, 0.15) is 18.0 Å². The molecule has 0 radical (unpaired) electrons. The molecule has 1 aliphatic rings. The van der Waals surface area contributed by atoms with Crippen LogP contribution in [0.25, 0.3) is 0 Å². The maximum Gasteiger partial charge on any atom is 0.191 e. The van der Waals surface area contributed by atoms with Crippen molar-refractivity contribution in [1.82, 2.24) is 15.5 Å². The Hall–Kier alpha value is -2.87. The second kappa shape index (κ2) is 10.4. The highest BCUT2D eigenvalue weighted by Crippen LogP contribution is 2.30. The number of anilines is 1. The number of methoxy groups -OCH3 is 1. The molecule has 6 nitrogen and oxygen atoms in total. The Bertz CT molecular complexity index is 885. The molecule has 1 saturated heterocycles. The molecule has 0 spiro atoms. The fraction of sp³-hybridized carbons (Fsp3) is 0.435. The Morgan fingerprint density at radius 3 is 2.55 bits per heavy atom. The number of hydrogen-bond donors (Lipinski definition) is 2. The maximum absolute atomic E-state index is 14.3. The van der Waals surface area contributed by atoms with Crippen LogP contribution in [0.2, 0.25) is 0 Å². The first-order valence-corrected chi connectivity index (χ1v) is 10.4. The van der Waals surface area contributed by atoms with Crippen LogP contribution in [0.4, 0.5) is 14.5 Å². The van der Waals surface area contributed by atoms with E-state index in [2.05, 4.69) is 26.6 Å². The monoisotopic (exact) mass is 431 g/mol. The quantitative estimate of drug-likeness (QED) is 0.522. The third kappa shape index (κ3) is 5.44. The van der Waals surface area contributed by atoms with Gasteiger partial charge in [0.1, 0.15) is 17.4 Å². The molecule has 0 aromatic heterocycles. The predicted octanol–water partition coefficient (Wildman–Crippen LogP) is 3.02. The molecule has 0 saturated carbocycles. The first kappa shape index (κ1) is 22.8. The number of nitrogens with one attached hydrogen (secondary N) is 2. The Morgan fingerprint density at radius 2 is 1.90 bits per heavy atom. The Kier molecular flexibility index (Phi) is 7.68. The average Bonchev–Trinajstić information content (AvgIpc) is 3.22. The molecule has 0 bridgehead atoms. The van der Waals surface area contributed by atoms with Gasteiger partial charge >= 0.3 is 0 Å². The summed E-state index contributed by atoms with van der Waals surface area (Å²) in [6.07, 6.45) is 0.942. The summed E-state index contributed by atoms with van der Waals surface area (Å²) in [6.45, 7) is 2.02. The average molecular weight is 432 g/mol. The van der Waals surface area contributed by atoms with Gasteiger partial charge in [-0.2, -0.15) is 0 Å². The minimum atomic E-state index is -0.549. The van der Waals surface area contributed by atoms with Crippen molar-refractivity contribution in [3.8, 4) is 5.75 Å².